The molecule has 0 saturated carbocycles. The second-order valence-electron chi connectivity index (χ2n) is 2.70. The van der Waals surface area contributed by atoms with Gasteiger partial charge in [0.05, 0.1) is 12.6 Å². The second kappa shape index (κ2) is 4.30. The van der Waals surface area contributed by atoms with Crippen molar-refractivity contribution in [1.29, 1.82) is 0 Å². The molecule has 1 aromatic rings. The summed E-state index contributed by atoms with van der Waals surface area (Å²) in [5.41, 5.74) is 5.68. The number of benzene rings is 1. The van der Waals surface area contributed by atoms with E-state index in [0.29, 0.717) is 0 Å². The molecule has 2 N–H and O–H groups in total. The first kappa shape index (κ1) is 10.1. The SMILES string of the molecule is COC[C@@H](N)c1cccc(F)c1F. The van der Waals surface area contributed by atoms with Crippen LogP contribution < -0.4 is 5.73 Å². The molecule has 0 radical (unpaired) electrons. The number of hydrogen-bond acceptors (Lipinski definition) is 2. The Bertz CT molecular complexity index is 291. The number of hydrogen-bond donors (Lipinski definition) is 1. The summed E-state index contributed by atoms with van der Waals surface area (Å²) in [6.07, 6.45) is 0. The Morgan fingerprint density at radius 2 is 2.15 bits per heavy atom. The first-order valence-corrected chi connectivity index (χ1v) is 3.85. The van der Waals surface area contributed by atoms with Crippen molar-refractivity contribution >= 4 is 0 Å². The average molecular weight is 187 g/mol. The van der Waals surface area contributed by atoms with Gasteiger partial charge >= 0.3 is 0 Å². The lowest BCUT2D eigenvalue weighted by Gasteiger charge is -2.11. The summed E-state index contributed by atoms with van der Waals surface area (Å²) in [7, 11) is 1.46. The number of nitrogens with two attached hydrogens (primary N) is 1. The fourth-order valence-corrected chi connectivity index (χ4v) is 1.08. The van der Waals surface area contributed by atoms with Crippen molar-refractivity contribution in [1.82, 2.24) is 0 Å². The van der Waals surface area contributed by atoms with Crippen LogP contribution in [0.4, 0.5) is 8.78 Å². The van der Waals surface area contributed by atoms with E-state index in [0.717, 1.165) is 6.07 Å². The third kappa shape index (κ3) is 2.23. The Morgan fingerprint density at radius 3 is 2.77 bits per heavy atom. The monoisotopic (exact) mass is 187 g/mol. The van der Waals surface area contributed by atoms with Gasteiger partial charge in [0, 0.05) is 12.7 Å². The average Bonchev–Trinajstić information content (AvgIpc) is 2.10. The minimum absolute atomic E-state index is 0.141. The third-order valence-corrected chi connectivity index (χ3v) is 1.73. The van der Waals surface area contributed by atoms with E-state index in [2.05, 4.69) is 0 Å². The summed E-state index contributed by atoms with van der Waals surface area (Å²) in [5, 5.41) is 0. The topological polar surface area (TPSA) is 35.2 Å². The van der Waals surface area contributed by atoms with Gasteiger partial charge in [0.25, 0.3) is 0 Å². The molecule has 0 heterocycles. The van der Waals surface area contributed by atoms with Crippen molar-refractivity contribution in [2.45, 2.75) is 6.04 Å². The summed E-state index contributed by atoms with van der Waals surface area (Å²) in [6.45, 7) is 0.167. The van der Waals surface area contributed by atoms with Gasteiger partial charge in [0.1, 0.15) is 0 Å². The Hall–Kier alpha value is -1.00. The van der Waals surface area contributed by atoms with Crippen LogP contribution in [0, 0.1) is 11.6 Å². The van der Waals surface area contributed by atoms with Crippen molar-refractivity contribution in [3.05, 3.63) is 35.4 Å². The third-order valence-electron chi connectivity index (χ3n) is 1.73. The van der Waals surface area contributed by atoms with Gasteiger partial charge in [-0.25, -0.2) is 8.78 Å². The van der Waals surface area contributed by atoms with Crippen LogP contribution in [0.15, 0.2) is 18.2 Å². The van der Waals surface area contributed by atoms with Crippen LogP contribution in [0.5, 0.6) is 0 Å². The van der Waals surface area contributed by atoms with Crippen molar-refractivity contribution in [3.8, 4) is 0 Å². The van der Waals surface area contributed by atoms with E-state index in [1.165, 1.54) is 19.2 Å². The summed E-state index contributed by atoms with van der Waals surface area (Å²) in [5.74, 6) is -1.78. The predicted molar refractivity (Wildman–Crippen MR) is 45.2 cm³/mol. The quantitative estimate of drug-likeness (QED) is 0.780. The number of halogens is 2. The minimum atomic E-state index is -0.896. The van der Waals surface area contributed by atoms with Crippen LogP contribution >= 0.6 is 0 Å². The smallest absolute Gasteiger partial charge is 0.163 e. The van der Waals surface area contributed by atoms with Crippen LogP contribution in [0.2, 0.25) is 0 Å². The molecule has 1 atom stereocenters. The van der Waals surface area contributed by atoms with Crippen molar-refractivity contribution in [3.63, 3.8) is 0 Å². The summed E-state index contributed by atoms with van der Waals surface area (Å²) in [6, 6.07) is 3.30. The largest absolute Gasteiger partial charge is 0.383 e. The lowest BCUT2D eigenvalue weighted by atomic mass is 10.1. The fourth-order valence-electron chi connectivity index (χ4n) is 1.08. The van der Waals surface area contributed by atoms with Gasteiger partial charge in [-0.2, -0.15) is 0 Å². The molecular weight excluding hydrogens is 176 g/mol. The molecule has 13 heavy (non-hydrogen) atoms. The maximum atomic E-state index is 13.1. The van der Waals surface area contributed by atoms with Crippen molar-refractivity contribution < 1.29 is 13.5 Å². The summed E-state index contributed by atoms with van der Waals surface area (Å²) in [4.78, 5) is 0. The molecule has 0 bridgehead atoms. The lowest BCUT2D eigenvalue weighted by molar-refractivity contribution is 0.179. The van der Waals surface area contributed by atoms with Crippen LogP contribution in [0.25, 0.3) is 0 Å². The van der Waals surface area contributed by atoms with Crippen LogP contribution in [-0.2, 0) is 4.74 Å². The molecule has 0 aliphatic heterocycles. The summed E-state index contributed by atoms with van der Waals surface area (Å²) < 4.78 is 30.5. The van der Waals surface area contributed by atoms with Gasteiger partial charge in [-0.3, -0.25) is 0 Å². The summed E-state index contributed by atoms with van der Waals surface area (Å²) >= 11 is 0. The van der Waals surface area contributed by atoms with Gasteiger partial charge < -0.3 is 10.5 Å². The van der Waals surface area contributed by atoms with Gasteiger partial charge in [-0.05, 0) is 6.07 Å². The van der Waals surface area contributed by atoms with Gasteiger partial charge in [0.2, 0.25) is 0 Å². The standard InChI is InChI=1S/C9H11F2NO/c1-13-5-8(12)6-3-2-4-7(10)9(6)11/h2-4,8H,5,12H2,1H3/t8-/m1/s1. The van der Waals surface area contributed by atoms with E-state index in [1.807, 2.05) is 0 Å². The van der Waals surface area contributed by atoms with Crippen molar-refractivity contribution in [2.24, 2.45) is 5.73 Å². The Balaban J connectivity index is 2.93. The Labute approximate surface area is 75.3 Å². The van der Waals surface area contributed by atoms with Gasteiger partial charge in [0.15, 0.2) is 11.6 Å². The lowest BCUT2D eigenvalue weighted by Crippen LogP contribution is -2.18. The molecule has 2 nitrogen and oxygen atoms in total. The van der Waals surface area contributed by atoms with E-state index in [1.54, 1.807) is 0 Å². The fraction of sp³-hybridized carbons (Fsp3) is 0.333. The van der Waals surface area contributed by atoms with Crippen molar-refractivity contribution in [2.75, 3.05) is 13.7 Å². The number of ether oxygens (including phenoxy) is 1. The minimum Gasteiger partial charge on any atom is -0.383 e. The van der Waals surface area contributed by atoms with Gasteiger partial charge in [-0.1, -0.05) is 12.1 Å². The van der Waals surface area contributed by atoms with E-state index in [4.69, 9.17) is 10.5 Å². The zero-order chi connectivity index (χ0) is 9.84. The molecule has 1 aromatic carbocycles. The number of methoxy groups -OCH3 is 1. The highest BCUT2D eigenvalue weighted by Crippen LogP contribution is 2.17. The molecule has 0 fully saturated rings. The van der Waals surface area contributed by atoms with E-state index >= 15 is 0 Å². The van der Waals surface area contributed by atoms with E-state index in [-0.39, 0.29) is 12.2 Å². The molecule has 0 aromatic heterocycles. The Kier molecular flexibility index (Phi) is 3.33. The molecule has 0 aliphatic rings. The van der Waals surface area contributed by atoms with E-state index in [9.17, 15) is 8.78 Å². The molecule has 1 rings (SSSR count). The molecule has 0 spiro atoms. The predicted octanol–water partition coefficient (Wildman–Crippen LogP) is 1.61. The highest BCUT2D eigenvalue weighted by atomic mass is 19.2. The maximum absolute atomic E-state index is 13.1. The Morgan fingerprint density at radius 1 is 1.46 bits per heavy atom. The molecule has 0 aliphatic carbocycles. The normalized spacial score (nSPS) is 12.9. The zero-order valence-corrected chi connectivity index (χ0v) is 7.26. The molecule has 0 amide bonds. The number of rotatable bonds is 3. The first-order valence-electron chi connectivity index (χ1n) is 3.85. The maximum Gasteiger partial charge on any atom is 0.163 e. The molecule has 0 saturated heterocycles. The first-order chi connectivity index (χ1) is 6.16. The highest BCUT2D eigenvalue weighted by Gasteiger charge is 2.13. The van der Waals surface area contributed by atoms with Crippen LogP contribution in [-0.4, -0.2) is 13.7 Å². The van der Waals surface area contributed by atoms with Crippen LogP contribution in [0.3, 0.4) is 0 Å². The van der Waals surface area contributed by atoms with Crippen LogP contribution in [0.1, 0.15) is 11.6 Å². The van der Waals surface area contributed by atoms with Gasteiger partial charge in [-0.15, -0.1) is 0 Å². The molecule has 72 valence electrons. The second-order valence-corrected chi connectivity index (χ2v) is 2.70. The molecular formula is C9H11F2NO. The highest BCUT2D eigenvalue weighted by molar-refractivity contribution is 5.22. The van der Waals surface area contributed by atoms with E-state index < -0.39 is 17.7 Å². The zero-order valence-electron chi connectivity index (χ0n) is 7.26. The molecule has 4 heteroatoms. The molecule has 0 unspecified atom stereocenters.